The molecule has 0 saturated carbocycles. The van der Waals surface area contributed by atoms with Gasteiger partial charge in [0.2, 0.25) is 0 Å². The molecule has 0 atom stereocenters. The minimum absolute atomic E-state index is 0.138. The van der Waals surface area contributed by atoms with Crippen molar-refractivity contribution in [2.24, 2.45) is 0 Å². The van der Waals surface area contributed by atoms with Gasteiger partial charge in [-0.3, -0.25) is 4.79 Å². The number of halogens is 1. The fraction of sp³-hybridized carbons (Fsp3) is 0.364. The molecule has 1 heterocycles. The summed E-state index contributed by atoms with van der Waals surface area (Å²) in [7, 11) is 0. The van der Waals surface area contributed by atoms with Crippen molar-refractivity contribution in [1.29, 1.82) is 0 Å². The van der Waals surface area contributed by atoms with Crippen molar-refractivity contribution in [2.45, 2.75) is 17.7 Å². The van der Waals surface area contributed by atoms with Gasteiger partial charge in [0.05, 0.1) is 18.1 Å². The second-order valence-electron chi connectivity index (χ2n) is 3.48. The number of carbonyl (C=O) groups is 1. The standard InChI is InChI=1S/C11H11ClO3S/c12-8-5-7-1-3-15-9(7)6-10(8)16-4-2-11(13)14/h5-6H,1-4H2,(H,13,14). The predicted molar refractivity (Wildman–Crippen MR) is 63.6 cm³/mol. The van der Waals surface area contributed by atoms with Crippen LogP contribution in [0.5, 0.6) is 5.75 Å². The third-order valence-electron chi connectivity index (χ3n) is 2.32. The molecule has 0 radical (unpaired) electrons. The molecule has 1 aliphatic heterocycles. The molecule has 1 N–H and O–H groups in total. The molecule has 86 valence electrons. The zero-order valence-corrected chi connectivity index (χ0v) is 10.1. The number of carboxylic acid groups (broad SMARTS) is 1. The molecule has 2 rings (SSSR count). The first-order chi connectivity index (χ1) is 7.66. The summed E-state index contributed by atoms with van der Waals surface area (Å²) >= 11 is 7.55. The molecule has 0 unspecified atom stereocenters. The van der Waals surface area contributed by atoms with Crippen LogP contribution in [-0.4, -0.2) is 23.4 Å². The molecule has 3 nitrogen and oxygen atoms in total. The summed E-state index contributed by atoms with van der Waals surface area (Å²) in [6.07, 6.45) is 1.04. The van der Waals surface area contributed by atoms with Gasteiger partial charge in [0.1, 0.15) is 5.75 Å². The van der Waals surface area contributed by atoms with Gasteiger partial charge in [0, 0.05) is 17.1 Å². The first kappa shape index (κ1) is 11.6. The Morgan fingerprint density at radius 1 is 1.56 bits per heavy atom. The lowest BCUT2D eigenvalue weighted by Gasteiger charge is -2.06. The van der Waals surface area contributed by atoms with Gasteiger partial charge in [-0.1, -0.05) is 11.6 Å². The van der Waals surface area contributed by atoms with Gasteiger partial charge in [0.25, 0.3) is 0 Å². The Bertz CT molecular complexity index is 420. The van der Waals surface area contributed by atoms with Crippen LogP contribution < -0.4 is 4.74 Å². The average Bonchev–Trinajstić information content (AvgIpc) is 2.64. The topological polar surface area (TPSA) is 46.5 Å². The van der Waals surface area contributed by atoms with Crippen LogP contribution in [0.15, 0.2) is 17.0 Å². The molecule has 0 aromatic heterocycles. The molecule has 1 aromatic carbocycles. The van der Waals surface area contributed by atoms with Crippen LogP contribution in [0.2, 0.25) is 5.02 Å². The van der Waals surface area contributed by atoms with E-state index in [1.54, 1.807) is 0 Å². The molecule has 1 aromatic rings. The van der Waals surface area contributed by atoms with Gasteiger partial charge in [-0.15, -0.1) is 11.8 Å². The SMILES string of the molecule is O=C(O)CCSc1cc2c(cc1Cl)CCO2. The highest BCUT2D eigenvalue weighted by Crippen LogP contribution is 2.36. The van der Waals surface area contributed by atoms with Crippen molar-refractivity contribution in [1.82, 2.24) is 0 Å². The molecule has 0 aliphatic carbocycles. The second kappa shape index (κ2) is 4.97. The van der Waals surface area contributed by atoms with E-state index in [4.69, 9.17) is 21.4 Å². The number of benzene rings is 1. The third kappa shape index (κ3) is 2.62. The number of aliphatic carboxylic acids is 1. The number of rotatable bonds is 4. The Balaban J connectivity index is 2.06. The molecular formula is C11H11ClO3S. The predicted octanol–water partition coefficient (Wildman–Crippen LogP) is 2.84. The molecule has 0 saturated heterocycles. The lowest BCUT2D eigenvalue weighted by Crippen LogP contribution is -1.95. The van der Waals surface area contributed by atoms with E-state index in [0.717, 1.165) is 22.6 Å². The van der Waals surface area contributed by atoms with E-state index >= 15 is 0 Å². The lowest BCUT2D eigenvalue weighted by molar-refractivity contribution is -0.136. The van der Waals surface area contributed by atoms with E-state index in [-0.39, 0.29) is 6.42 Å². The minimum Gasteiger partial charge on any atom is -0.493 e. The highest BCUT2D eigenvalue weighted by Gasteiger charge is 2.15. The van der Waals surface area contributed by atoms with Crippen LogP contribution in [0.3, 0.4) is 0 Å². The fourth-order valence-corrected chi connectivity index (χ4v) is 2.77. The van der Waals surface area contributed by atoms with Crippen LogP contribution in [0, 0.1) is 0 Å². The number of hydrogen-bond acceptors (Lipinski definition) is 3. The fourth-order valence-electron chi connectivity index (χ4n) is 1.54. The summed E-state index contributed by atoms with van der Waals surface area (Å²) in [6.45, 7) is 0.703. The maximum absolute atomic E-state index is 10.4. The van der Waals surface area contributed by atoms with Crippen molar-refractivity contribution >= 4 is 29.3 Å². The van der Waals surface area contributed by atoms with Gasteiger partial charge >= 0.3 is 5.97 Å². The van der Waals surface area contributed by atoms with Gasteiger partial charge < -0.3 is 9.84 Å². The van der Waals surface area contributed by atoms with Crippen LogP contribution in [0.25, 0.3) is 0 Å². The Morgan fingerprint density at radius 2 is 2.38 bits per heavy atom. The maximum atomic E-state index is 10.4. The summed E-state index contributed by atoms with van der Waals surface area (Å²) in [5.41, 5.74) is 1.13. The van der Waals surface area contributed by atoms with Crippen LogP contribution in [0.1, 0.15) is 12.0 Å². The number of thioether (sulfide) groups is 1. The largest absolute Gasteiger partial charge is 0.493 e. The van der Waals surface area contributed by atoms with Crippen molar-refractivity contribution in [3.63, 3.8) is 0 Å². The number of fused-ring (bicyclic) bond motifs is 1. The van der Waals surface area contributed by atoms with Crippen molar-refractivity contribution in [3.8, 4) is 5.75 Å². The third-order valence-corrected chi connectivity index (χ3v) is 3.80. The Kier molecular flexibility index (Phi) is 3.61. The molecule has 0 fully saturated rings. The first-order valence-electron chi connectivity index (χ1n) is 4.96. The van der Waals surface area contributed by atoms with E-state index in [9.17, 15) is 4.79 Å². The Labute approximate surface area is 103 Å². The zero-order valence-electron chi connectivity index (χ0n) is 8.53. The van der Waals surface area contributed by atoms with Crippen LogP contribution >= 0.6 is 23.4 Å². The molecule has 0 bridgehead atoms. The highest BCUT2D eigenvalue weighted by atomic mass is 35.5. The first-order valence-corrected chi connectivity index (χ1v) is 6.33. The molecular weight excluding hydrogens is 248 g/mol. The quantitative estimate of drug-likeness (QED) is 0.844. The molecule has 0 amide bonds. The Hall–Kier alpha value is -0.870. The summed E-state index contributed by atoms with van der Waals surface area (Å²) in [5, 5.41) is 9.22. The van der Waals surface area contributed by atoms with E-state index in [1.807, 2.05) is 12.1 Å². The van der Waals surface area contributed by atoms with Gasteiger partial charge in [-0.05, 0) is 17.7 Å². The van der Waals surface area contributed by atoms with Crippen molar-refractivity contribution in [3.05, 3.63) is 22.7 Å². The zero-order chi connectivity index (χ0) is 11.5. The number of carboxylic acids is 1. The smallest absolute Gasteiger partial charge is 0.304 e. The molecule has 0 spiro atoms. The van der Waals surface area contributed by atoms with Gasteiger partial charge in [-0.25, -0.2) is 0 Å². The highest BCUT2D eigenvalue weighted by molar-refractivity contribution is 7.99. The maximum Gasteiger partial charge on any atom is 0.304 e. The van der Waals surface area contributed by atoms with Crippen molar-refractivity contribution < 1.29 is 14.6 Å². The summed E-state index contributed by atoms with van der Waals surface area (Å²) in [6, 6.07) is 3.81. The summed E-state index contributed by atoms with van der Waals surface area (Å²) in [4.78, 5) is 11.3. The summed E-state index contributed by atoms with van der Waals surface area (Å²) in [5.74, 6) is 0.608. The molecule has 5 heteroatoms. The molecule has 16 heavy (non-hydrogen) atoms. The van der Waals surface area contributed by atoms with E-state index < -0.39 is 5.97 Å². The monoisotopic (exact) mass is 258 g/mol. The Morgan fingerprint density at radius 3 is 3.12 bits per heavy atom. The minimum atomic E-state index is -0.791. The van der Waals surface area contributed by atoms with Crippen LogP contribution in [-0.2, 0) is 11.2 Å². The van der Waals surface area contributed by atoms with E-state index in [2.05, 4.69) is 0 Å². The van der Waals surface area contributed by atoms with Crippen molar-refractivity contribution in [2.75, 3.05) is 12.4 Å². The number of hydrogen-bond donors (Lipinski definition) is 1. The van der Waals surface area contributed by atoms with Crippen LogP contribution in [0.4, 0.5) is 0 Å². The second-order valence-corrected chi connectivity index (χ2v) is 5.02. The normalized spacial score (nSPS) is 13.3. The molecule has 1 aliphatic rings. The van der Waals surface area contributed by atoms with E-state index in [0.29, 0.717) is 17.4 Å². The average molecular weight is 259 g/mol. The van der Waals surface area contributed by atoms with Gasteiger partial charge in [-0.2, -0.15) is 0 Å². The van der Waals surface area contributed by atoms with Gasteiger partial charge in [0.15, 0.2) is 0 Å². The summed E-state index contributed by atoms with van der Waals surface area (Å²) < 4.78 is 5.43. The number of ether oxygens (including phenoxy) is 1. The lowest BCUT2D eigenvalue weighted by atomic mass is 10.2. The van der Waals surface area contributed by atoms with E-state index in [1.165, 1.54) is 11.8 Å².